The van der Waals surface area contributed by atoms with Crippen LogP contribution >= 0.6 is 0 Å². The third-order valence-electron chi connectivity index (χ3n) is 5.11. The largest absolute Gasteiger partial charge is 0.353 e. The zero-order valence-electron chi connectivity index (χ0n) is 14.1. The van der Waals surface area contributed by atoms with Crippen molar-refractivity contribution >= 4 is 5.82 Å². The number of aryl methyl sites for hydroxylation is 1. The lowest BCUT2D eigenvalue weighted by Gasteiger charge is -2.37. The maximum absolute atomic E-state index is 4.33. The second-order valence-electron chi connectivity index (χ2n) is 6.97. The van der Waals surface area contributed by atoms with Crippen LogP contribution in [0.5, 0.6) is 0 Å². The summed E-state index contributed by atoms with van der Waals surface area (Å²) in [6.45, 7) is 9.62. The Morgan fingerprint density at radius 3 is 2.82 bits per heavy atom. The van der Waals surface area contributed by atoms with Gasteiger partial charge in [0.2, 0.25) is 0 Å². The molecule has 2 aliphatic heterocycles. The van der Waals surface area contributed by atoms with Crippen molar-refractivity contribution in [2.45, 2.75) is 45.3 Å². The maximum atomic E-state index is 4.33. The average molecular weight is 304 g/mol. The number of nitrogens with zero attached hydrogens (tertiary/aromatic N) is 4. The molecule has 1 aromatic rings. The molecule has 3 heterocycles. The molecule has 22 heavy (non-hydrogen) atoms. The van der Waals surface area contributed by atoms with Gasteiger partial charge in [-0.2, -0.15) is 5.10 Å². The summed E-state index contributed by atoms with van der Waals surface area (Å²) in [7, 11) is 2.21. The molecule has 0 saturated carbocycles. The number of anilines is 1. The molecule has 2 N–H and O–H groups in total. The first-order valence-electron chi connectivity index (χ1n) is 8.31. The van der Waals surface area contributed by atoms with Gasteiger partial charge in [0.25, 0.3) is 0 Å². The molecule has 0 bridgehead atoms. The molecule has 0 amide bonds. The molecule has 1 aromatic heterocycles. The number of rotatable bonds is 4. The summed E-state index contributed by atoms with van der Waals surface area (Å²) < 4.78 is 0. The highest BCUT2D eigenvalue weighted by molar-refractivity contribution is 5.38. The lowest BCUT2D eigenvalue weighted by molar-refractivity contribution is 0.218. The summed E-state index contributed by atoms with van der Waals surface area (Å²) in [5.41, 5.74) is 7.98. The SMILES string of the molecule is Cc1ccc(N2CCC3C(C2)NNC3CN(C)C(C)C)nn1. The Balaban J connectivity index is 1.60. The van der Waals surface area contributed by atoms with Crippen molar-refractivity contribution in [3.63, 3.8) is 0 Å². The number of nitrogens with one attached hydrogen (secondary N) is 2. The topological polar surface area (TPSA) is 56.3 Å². The van der Waals surface area contributed by atoms with Gasteiger partial charge in [-0.3, -0.25) is 10.9 Å². The molecule has 2 fully saturated rings. The van der Waals surface area contributed by atoms with Crippen molar-refractivity contribution in [2.24, 2.45) is 5.92 Å². The van der Waals surface area contributed by atoms with E-state index in [0.717, 1.165) is 31.1 Å². The number of piperidine rings is 1. The molecule has 0 aromatic carbocycles. The predicted octanol–water partition coefficient (Wildman–Crippen LogP) is 0.797. The standard InChI is InChI=1S/C16H28N6/c1-11(2)21(4)9-14-13-7-8-22(10-15(13)19-18-14)16-6-5-12(3)17-20-16/h5-6,11,13-15,18-19H,7-10H2,1-4H3. The lowest BCUT2D eigenvalue weighted by atomic mass is 9.87. The minimum atomic E-state index is 0.488. The number of aromatic nitrogens is 2. The lowest BCUT2D eigenvalue weighted by Crippen LogP contribution is -2.49. The van der Waals surface area contributed by atoms with Crippen LogP contribution in [0.1, 0.15) is 26.0 Å². The average Bonchev–Trinajstić information content (AvgIpc) is 2.90. The molecule has 0 radical (unpaired) electrons. The van der Waals surface area contributed by atoms with Gasteiger partial charge in [-0.1, -0.05) is 0 Å². The highest BCUT2D eigenvalue weighted by Crippen LogP contribution is 2.27. The van der Waals surface area contributed by atoms with Crippen LogP contribution in [-0.4, -0.2) is 59.9 Å². The van der Waals surface area contributed by atoms with E-state index in [-0.39, 0.29) is 0 Å². The van der Waals surface area contributed by atoms with E-state index in [0.29, 0.717) is 24.0 Å². The fourth-order valence-electron chi connectivity index (χ4n) is 3.40. The Morgan fingerprint density at radius 1 is 1.32 bits per heavy atom. The minimum Gasteiger partial charge on any atom is -0.353 e. The zero-order valence-corrected chi connectivity index (χ0v) is 14.1. The summed E-state index contributed by atoms with van der Waals surface area (Å²) in [5, 5.41) is 8.51. The van der Waals surface area contributed by atoms with Crippen molar-refractivity contribution in [1.82, 2.24) is 25.9 Å². The molecule has 6 heteroatoms. The normalized spacial score (nSPS) is 28.5. The number of likely N-dealkylation sites (N-methyl/N-ethyl adjacent to an activating group) is 1. The van der Waals surface area contributed by atoms with Gasteiger partial charge < -0.3 is 9.80 Å². The smallest absolute Gasteiger partial charge is 0.151 e. The second kappa shape index (κ2) is 6.48. The quantitative estimate of drug-likeness (QED) is 0.858. The van der Waals surface area contributed by atoms with Crippen molar-refractivity contribution in [1.29, 1.82) is 0 Å². The monoisotopic (exact) mass is 304 g/mol. The third kappa shape index (κ3) is 3.24. The molecule has 122 valence electrons. The highest BCUT2D eigenvalue weighted by atomic mass is 15.5. The molecule has 2 saturated heterocycles. The zero-order chi connectivity index (χ0) is 15.7. The maximum Gasteiger partial charge on any atom is 0.151 e. The van der Waals surface area contributed by atoms with E-state index in [1.807, 2.05) is 13.0 Å². The van der Waals surface area contributed by atoms with Crippen LogP contribution in [0.25, 0.3) is 0 Å². The fraction of sp³-hybridized carbons (Fsp3) is 0.750. The molecule has 3 rings (SSSR count). The van der Waals surface area contributed by atoms with Gasteiger partial charge in [-0.05, 0) is 52.3 Å². The van der Waals surface area contributed by atoms with E-state index in [2.05, 4.69) is 57.8 Å². The second-order valence-corrected chi connectivity index (χ2v) is 6.97. The molecule has 2 aliphatic rings. The van der Waals surface area contributed by atoms with Gasteiger partial charge in [-0.25, -0.2) is 0 Å². The van der Waals surface area contributed by atoms with Crippen LogP contribution in [-0.2, 0) is 0 Å². The van der Waals surface area contributed by atoms with E-state index < -0.39 is 0 Å². The van der Waals surface area contributed by atoms with Crippen LogP contribution in [0.3, 0.4) is 0 Å². The van der Waals surface area contributed by atoms with Crippen LogP contribution in [0.4, 0.5) is 5.82 Å². The van der Waals surface area contributed by atoms with Crippen molar-refractivity contribution < 1.29 is 0 Å². The molecule has 0 spiro atoms. The van der Waals surface area contributed by atoms with Gasteiger partial charge in [0.1, 0.15) is 0 Å². The molecule has 3 atom stereocenters. The van der Waals surface area contributed by atoms with Gasteiger partial charge in [0, 0.05) is 37.8 Å². The van der Waals surface area contributed by atoms with Gasteiger partial charge >= 0.3 is 0 Å². The van der Waals surface area contributed by atoms with Crippen molar-refractivity contribution in [3.8, 4) is 0 Å². The Hall–Kier alpha value is -1.24. The first-order valence-corrected chi connectivity index (χ1v) is 8.31. The van der Waals surface area contributed by atoms with Crippen LogP contribution in [0.2, 0.25) is 0 Å². The van der Waals surface area contributed by atoms with Crippen LogP contribution in [0, 0.1) is 12.8 Å². The third-order valence-corrected chi connectivity index (χ3v) is 5.11. The molecular weight excluding hydrogens is 276 g/mol. The summed E-state index contributed by atoms with van der Waals surface area (Å²) in [6.07, 6.45) is 1.19. The molecule has 3 unspecified atom stereocenters. The van der Waals surface area contributed by atoms with E-state index in [1.165, 1.54) is 6.42 Å². The number of hydrazine groups is 1. The summed E-state index contributed by atoms with van der Waals surface area (Å²) in [4.78, 5) is 4.76. The Bertz CT molecular complexity index is 488. The Kier molecular flexibility index (Phi) is 4.61. The van der Waals surface area contributed by atoms with E-state index in [4.69, 9.17) is 0 Å². The molecule has 6 nitrogen and oxygen atoms in total. The van der Waals surface area contributed by atoms with Gasteiger partial charge in [0.05, 0.1) is 5.69 Å². The van der Waals surface area contributed by atoms with E-state index in [9.17, 15) is 0 Å². The summed E-state index contributed by atoms with van der Waals surface area (Å²) in [5.74, 6) is 1.68. The minimum absolute atomic E-state index is 0.488. The fourth-order valence-corrected chi connectivity index (χ4v) is 3.40. The van der Waals surface area contributed by atoms with E-state index >= 15 is 0 Å². The van der Waals surface area contributed by atoms with Crippen LogP contribution < -0.4 is 15.8 Å². The first-order chi connectivity index (χ1) is 10.5. The highest BCUT2D eigenvalue weighted by Gasteiger charge is 2.40. The summed E-state index contributed by atoms with van der Waals surface area (Å²) >= 11 is 0. The number of fused-ring (bicyclic) bond motifs is 1. The van der Waals surface area contributed by atoms with Crippen molar-refractivity contribution in [2.75, 3.05) is 31.6 Å². The van der Waals surface area contributed by atoms with Crippen LogP contribution in [0.15, 0.2) is 12.1 Å². The van der Waals surface area contributed by atoms with Gasteiger partial charge in [-0.15, -0.1) is 5.10 Å². The molecule has 0 aliphatic carbocycles. The predicted molar refractivity (Wildman–Crippen MR) is 88.7 cm³/mol. The van der Waals surface area contributed by atoms with Crippen molar-refractivity contribution in [3.05, 3.63) is 17.8 Å². The van der Waals surface area contributed by atoms with Gasteiger partial charge in [0.15, 0.2) is 5.82 Å². The number of hydrogen-bond donors (Lipinski definition) is 2. The Morgan fingerprint density at radius 2 is 2.14 bits per heavy atom. The number of hydrogen-bond acceptors (Lipinski definition) is 6. The summed E-state index contributed by atoms with van der Waals surface area (Å²) in [6, 6.07) is 5.72. The first kappa shape index (κ1) is 15.6. The molecular formula is C16H28N6. The van der Waals surface area contributed by atoms with E-state index in [1.54, 1.807) is 0 Å². The Labute approximate surface area is 133 Å².